The van der Waals surface area contributed by atoms with E-state index in [2.05, 4.69) is 34.2 Å². The van der Waals surface area contributed by atoms with Gasteiger partial charge in [-0.05, 0) is 23.8 Å². The molecular weight excluding hydrogens is 238 g/mol. The van der Waals surface area contributed by atoms with Gasteiger partial charge in [-0.15, -0.1) is 0 Å². The second kappa shape index (κ2) is 5.35. The summed E-state index contributed by atoms with van der Waals surface area (Å²) in [6.45, 7) is 3.05. The number of aromatic nitrogens is 1. The second-order valence-electron chi connectivity index (χ2n) is 4.75. The molecule has 1 aliphatic rings. The van der Waals surface area contributed by atoms with Crippen LogP contribution in [0.4, 0.5) is 0 Å². The highest BCUT2D eigenvalue weighted by Gasteiger charge is 2.19. The largest absolute Gasteiger partial charge is 0.361 e. The Bertz CT molecular complexity index is 620. The highest BCUT2D eigenvalue weighted by molar-refractivity contribution is 5.78. The molecule has 1 aliphatic heterocycles. The molecule has 96 valence electrons. The number of hydrogen-bond acceptors (Lipinski definition) is 4. The average Bonchev–Trinajstić information content (AvgIpc) is 2.47. The highest BCUT2D eigenvalue weighted by atomic mass is 16.5. The van der Waals surface area contributed by atoms with E-state index in [9.17, 15) is 0 Å². The van der Waals surface area contributed by atoms with Gasteiger partial charge in [-0.2, -0.15) is 5.26 Å². The fourth-order valence-electron chi connectivity index (χ4n) is 2.41. The molecule has 4 nitrogen and oxygen atoms in total. The van der Waals surface area contributed by atoms with Crippen LogP contribution in [0, 0.1) is 11.3 Å². The van der Waals surface area contributed by atoms with E-state index in [1.807, 2.05) is 18.3 Å². The molecule has 3 rings (SSSR count). The van der Waals surface area contributed by atoms with Gasteiger partial charge in [-0.1, -0.05) is 12.1 Å². The lowest BCUT2D eigenvalue weighted by Gasteiger charge is -2.29. The van der Waals surface area contributed by atoms with Crippen molar-refractivity contribution in [3.8, 4) is 6.07 Å². The van der Waals surface area contributed by atoms with Crippen LogP contribution in [0.15, 0.2) is 36.5 Å². The first-order chi connectivity index (χ1) is 9.35. The van der Waals surface area contributed by atoms with E-state index in [0.717, 1.165) is 24.0 Å². The third-order valence-electron chi connectivity index (χ3n) is 3.37. The smallest absolute Gasteiger partial charge is 0.156 e. The highest BCUT2D eigenvalue weighted by Crippen LogP contribution is 2.16. The van der Waals surface area contributed by atoms with Gasteiger partial charge >= 0.3 is 0 Å². The molecule has 2 aromatic rings. The van der Waals surface area contributed by atoms with Gasteiger partial charge in [0.2, 0.25) is 0 Å². The molecule has 1 saturated heterocycles. The van der Waals surface area contributed by atoms with Gasteiger partial charge in [-0.3, -0.25) is 9.88 Å². The number of ether oxygens (including phenoxy) is 1. The van der Waals surface area contributed by atoms with Crippen LogP contribution in [-0.2, 0) is 11.3 Å². The molecule has 1 atom stereocenters. The molecule has 1 unspecified atom stereocenters. The van der Waals surface area contributed by atoms with E-state index in [0.29, 0.717) is 13.2 Å². The maximum absolute atomic E-state index is 8.91. The monoisotopic (exact) mass is 253 g/mol. The van der Waals surface area contributed by atoms with Gasteiger partial charge in [0.1, 0.15) is 0 Å². The minimum atomic E-state index is -0.295. The number of fused-ring (bicyclic) bond motifs is 1. The Kier molecular flexibility index (Phi) is 3.41. The lowest BCUT2D eigenvalue weighted by Crippen LogP contribution is -2.41. The Balaban J connectivity index is 1.76. The van der Waals surface area contributed by atoms with Crippen LogP contribution in [0.2, 0.25) is 0 Å². The minimum Gasteiger partial charge on any atom is -0.361 e. The van der Waals surface area contributed by atoms with E-state index in [-0.39, 0.29) is 6.10 Å². The summed E-state index contributed by atoms with van der Waals surface area (Å²) in [5, 5.41) is 10.1. The molecule has 2 heterocycles. The van der Waals surface area contributed by atoms with Crippen LogP contribution in [0.3, 0.4) is 0 Å². The molecule has 0 N–H and O–H groups in total. The molecule has 1 fully saturated rings. The number of nitrogens with zero attached hydrogens (tertiary/aromatic N) is 3. The van der Waals surface area contributed by atoms with Gasteiger partial charge in [0.15, 0.2) is 6.10 Å². The van der Waals surface area contributed by atoms with E-state index in [4.69, 9.17) is 10.00 Å². The Hall–Kier alpha value is -1.96. The second-order valence-corrected chi connectivity index (χ2v) is 4.75. The topological polar surface area (TPSA) is 49.2 Å². The molecule has 0 aliphatic carbocycles. The summed E-state index contributed by atoms with van der Waals surface area (Å²) in [6.07, 6.45) is 1.51. The summed E-state index contributed by atoms with van der Waals surface area (Å²) >= 11 is 0. The standard InChI is InChI=1S/C15H15N3O/c16-9-14-11-18(6-7-19-14)10-12-3-4-15-13(8-12)2-1-5-17-15/h1-5,8,14H,6-7,10-11H2. The first-order valence-electron chi connectivity index (χ1n) is 6.42. The third kappa shape index (κ3) is 2.73. The lowest BCUT2D eigenvalue weighted by molar-refractivity contribution is -0.00267. The third-order valence-corrected chi connectivity index (χ3v) is 3.37. The predicted octanol–water partition coefficient (Wildman–Crippen LogP) is 1.96. The van der Waals surface area contributed by atoms with E-state index in [1.54, 1.807) is 0 Å². The van der Waals surface area contributed by atoms with Crippen molar-refractivity contribution in [2.24, 2.45) is 0 Å². The molecule has 0 saturated carbocycles. The average molecular weight is 253 g/mol. The number of nitriles is 1. The molecule has 1 aromatic carbocycles. The number of hydrogen-bond donors (Lipinski definition) is 0. The van der Waals surface area contributed by atoms with Crippen molar-refractivity contribution >= 4 is 10.9 Å². The van der Waals surface area contributed by atoms with Crippen molar-refractivity contribution in [3.05, 3.63) is 42.1 Å². The van der Waals surface area contributed by atoms with Crippen LogP contribution in [0.25, 0.3) is 10.9 Å². The van der Waals surface area contributed by atoms with Crippen LogP contribution in [0.5, 0.6) is 0 Å². The van der Waals surface area contributed by atoms with E-state index < -0.39 is 0 Å². The van der Waals surface area contributed by atoms with Crippen molar-refractivity contribution in [1.29, 1.82) is 5.26 Å². The fraction of sp³-hybridized carbons (Fsp3) is 0.333. The molecule has 0 radical (unpaired) electrons. The van der Waals surface area contributed by atoms with Gasteiger partial charge < -0.3 is 4.74 Å². The summed E-state index contributed by atoms with van der Waals surface area (Å²) in [7, 11) is 0. The molecule has 19 heavy (non-hydrogen) atoms. The summed E-state index contributed by atoms with van der Waals surface area (Å²) in [4.78, 5) is 6.58. The molecule has 0 bridgehead atoms. The Morgan fingerprint density at radius 2 is 2.37 bits per heavy atom. The van der Waals surface area contributed by atoms with Crippen molar-refractivity contribution in [2.45, 2.75) is 12.6 Å². The van der Waals surface area contributed by atoms with Crippen molar-refractivity contribution < 1.29 is 4.74 Å². The van der Waals surface area contributed by atoms with Crippen LogP contribution < -0.4 is 0 Å². The Morgan fingerprint density at radius 1 is 1.42 bits per heavy atom. The van der Waals surface area contributed by atoms with Crippen molar-refractivity contribution in [3.63, 3.8) is 0 Å². The van der Waals surface area contributed by atoms with Gasteiger partial charge in [0.05, 0.1) is 18.2 Å². The zero-order valence-electron chi connectivity index (χ0n) is 10.6. The zero-order chi connectivity index (χ0) is 13.1. The number of morpholine rings is 1. The molecule has 0 spiro atoms. The summed E-state index contributed by atoms with van der Waals surface area (Å²) < 4.78 is 5.35. The van der Waals surface area contributed by atoms with Crippen molar-refractivity contribution in [1.82, 2.24) is 9.88 Å². The van der Waals surface area contributed by atoms with Crippen LogP contribution >= 0.6 is 0 Å². The summed E-state index contributed by atoms with van der Waals surface area (Å²) in [5.41, 5.74) is 2.27. The summed E-state index contributed by atoms with van der Waals surface area (Å²) in [5.74, 6) is 0. The minimum absolute atomic E-state index is 0.295. The van der Waals surface area contributed by atoms with Gasteiger partial charge in [-0.25, -0.2) is 0 Å². The number of benzene rings is 1. The fourth-order valence-corrected chi connectivity index (χ4v) is 2.41. The first kappa shape index (κ1) is 12.1. The molecule has 4 heteroatoms. The van der Waals surface area contributed by atoms with E-state index >= 15 is 0 Å². The van der Waals surface area contributed by atoms with Crippen molar-refractivity contribution in [2.75, 3.05) is 19.7 Å². The Morgan fingerprint density at radius 3 is 3.26 bits per heavy atom. The van der Waals surface area contributed by atoms with Gasteiger partial charge in [0.25, 0.3) is 0 Å². The maximum atomic E-state index is 8.91. The molecular formula is C15H15N3O. The normalized spacial score (nSPS) is 20.3. The Labute approximate surface area is 112 Å². The maximum Gasteiger partial charge on any atom is 0.156 e. The van der Waals surface area contributed by atoms with Crippen LogP contribution in [0.1, 0.15) is 5.56 Å². The quantitative estimate of drug-likeness (QED) is 0.821. The van der Waals surface area contributed by atoms with Crippen LogP contribution in [-0.4, -0.2) is 35.7 Å². The number of pyridine rings is 1. The summed E-state index contributed by atoms with van der Waals surface area (Å²) in [6, 6.07) is 12.5. The zero-order valence-corrected chi connectivity index (χ0v) is 10.6. The number of rotatable bonds is 2. The predicted molar refractivity (Wildman–Crippen MR) is 72.4 cm³/mol. The SMILES string of the molecule is N#CC1CN(Cc2ccc3ncccc3c2)CCO1. The van der Waals surface area contributed by atoms with E-state index in [1.165, 1.54) is 5.56 Å². The lowest BCUT2D eigenvalue weighted by atomic mass is 10.1. The van der Waals surface area contributed by atoms with Gasteiger partial charge in [0, 0.05) is 31.2 Å². The first-order valence-corrected chi connectivity index (χ1v) is 6.42. The molecule has 0 amide bonds. The molecule has 1 aromatic heterocycles.